The Bertz CT molecular complexity index is 2710. The molecule has 68 heavy (non-hydrogen) atoms. The van der Waals surface area contributed by atoms with Crippen LogP contribution in [0.4, 0.5) is 14.5 Å². The van der Waals surface area contributed by atoms with E-state index in [1.807, 2.05) is 23.1 Å². The number of nitrogens with two attached hydrogens (primary N) is 1. The van der Waals surface area contributed by atoms with Crippen molar-refractivity contribution < 1.29 is 28.0 Å². The first-order valence-electron chi connectivity index (χ1n) is 23.7. The smallest absolute Gasteiger partial charge is 0.329 e. The number of amidine groups is 1. The summed E-state index contributed by atoms with van der Waals surface area (Å²) in [6, 6.07) is 8.09. The van der Waals surface area contributed by atoms with E-state index in [1.165, 1.54) is 34.5 Å². The number of likely N-dealkylation sites (tertiary alicyclic amines) is 2. The molecular formula is C50H61F2N11O5. The Labute approximate surface area is 394 Å². The van der Waals surface area contributed by atoms with Gasteiger partial charge < -0.3 is 30.7 Å². The van der Waals surface area contributed by atoms with E-state index in [2.05, 4.69) is 32.4 Å². The minimum Gasteiger partial charge on any atom is -0.404 e. The third-order valence-corrected chi connectivity index (χ3v) is 14.2. The molecule has 0 spiro atoms. The van der Waals surface area contributed by atoms with Crippen molar-refractivity contribution >= 4 is 58.0 Å². The molecule has 1 aromatic heterocycles. The first-order chi connectivity index (χ1) is 32.7. The highest BCUT2D eigenvalue weighted by molar-refractivity contribution is 6.12. The van der Waals surface area contributed by atoms with Gasteiger partial charge in [0.05, 0.1) is 17.6 Å². The van der Waals surface area contributed by atoms with Gasteiger partial charge in [0.25, 0.3) is 6.43 Å². The maximum Gasteiger partial charge on any atom is 0.329 e. The molecule has 3 fully saturated rings. The van der Waals surface area contributed by atoms with Crippen molar-refractivity contribution in [2.45, 2.75) is 89.6 Å². The predicted octanol–water partition coefficient (Wildman–Crippen LogP) is 4.23. The number of imidazole rings is 1. The molecule has 1 atom stereocenters. The highest BCUT2D eigenvalue weighted by Crippen LogP contribution is 2.38. The summed E-state index contributed by atoms with van der Waals surface area (Å²) in [5.74, 6) is 6.34. The van der Waals surface area contributed by atoms with Gasteiger partial charge >= 0.3 is 5.69 Å². The van der Waals surface area contributed by atoms with Crippen molar-refractivity contribution in [3.05, 3.63) is 80.5 Å². The molecule has 2 aromatic carbocycles. The number of anilines is 1. The van der Waals surface area contributed by atoms with Crippen molar-refractivity contribution in [1.82, 2.24) is 34.5 Å². The van der Waals surface area contributed by atoms with Crippen molar-refractivity contribution in [3.8, 4) is 11.8 Å². The Hall–Kier alpha value is -6.61. The molecule has 0 saturated carbocycles. The Morgan fingerprint density at radius 1 is 0.971 bits per heavy atom. The molecule has 18 heteroatoms. The number of hydrogen-bond donors (Lipinski definition) is 4. The fraction of sp³-hybridized carbons (Fsp3) is 0.500. The van der Waals surface area contributed by atoms with E-state index < -0.39 is 18.4 Å². The lowest BCUT2D eigenvalue weighted by molar-refractivity contribution is -0.136. The van der Waals surface area contributed by atoms with Gasteiger partial charge in [-0.05, 0) is 99.5 Å². The molecule has 3 aromatic rings. The summed E-state index contributed by atoms with van der Waals surface area (Å²) in [5, 5.41) is 15.6. The first kappa shape index (κ1) is 47.9. The van der Waals surface area contributed by atoms with Gasteiger partial charge in [0, 0.05) is 131 Å². The maximum atomic E-state index is 14.6. The molecule has 360 valence electrons. The van der Waals surface area contributed by atoms with Gasteiger partial charge in [-0.3, -0.25) is 44.0 Å². The van der Waals surface area contributed by atoms with Crippen molar-refractivity contribution in [2.24, 2.45) is 23.7 Å². The highest BCUT2D eigenvalue weighted by atomic mass is 19.3. The number of carbonyl (C=O) groups excluding carboxylic acids is 4. The molecule has 5 aliphatic heterocycles. The molecule has 4 amide bonds. The quantitative estimate of drug-likeness (QED) is 0.0997. The summed E-state index contributed by atoms with van der Waals surface area (Å²) in [6.07, 6.45) is 6.00. The van der Waals surface area contributed by atoms with E-state index in [1.54, 1.807) is 30.0 Å². The van der Waals surface area contributed by atoms with Gasteiger partial charge in [0.15, 0.2) is 0 Å². The van der Waals surface area contributed by atoms with Gasteiger partial charge in [0.1, 0.15) is 11.9 Å². The lowest BCUT2D eigenvalue weighted by atomic mass is 9.91. The van der Waals surface area contributed by atoms with Crippen LogP contribution in [-0.4, -0.2) is 125 Å². The normalized spacial score (nSPS) is 20.2. The molecule has 8 rings (SSSR count). The summed E-state index contributed by atoms with van der Waals surface area (Å²) in [5.41, 5.74) is 11.1. The van der Waals surface area contributed by atoms with Crippen LogP contribution in [0.3, 0.4) is 0 Å². The summed E-state index contributed by atoms with van der Waals surface area (Å²) in [7, 11) is 3.23. The predicted molar refractivity (Wildman–Crippen MR) is 257 cm³/mol. The largest absolute Gasteiger partial charge is 0.404 e. The van der Waals surface area contributed by atoms with Crippen LogP contribution in [0.25, 0.3) is 16.6 Å². The molecule has 0 radical (unpaired) electrons. The molecule has 0 bridgehead atoms. The van der Waals surface area contributed by atoms with Gasteiger partial charge in [-0.1, -0.05) is 11.8 Å². The number of benzene rings is 2. The van der Waals surface area contributed by atoms with Crippen LogP contribution in [0, 0.1) is 23.2 Å². The number of halogens is 2. The monoisotopic (exact) mass is 933 g/mol. The lowest BCUT2D eigenvalue weighted by Gasteiger charge is -2.39. The second-order valence-corrected chi connectivity index (χ2v) is 18.4. The molecule has 3 saturated heterocycles. The van der Waals surface area contributed by atoms with Crippen LogP contribution in [-0.2, 0) is 32.6 Å². The van der Waals surface area contributed by atoms with Crippen LogP contribution in [0.2, 0.25) is 0 Å². The topological polar surface area (TPSA) is 194 Å². The Balaban J connectivity index is 0.842. The number of rotatable bonds is 10. The number of aryl methyl sites for hydroxylation is 2. The highest BCUT2D eigenvalue weighted by Gasteiger charge is 2.34. The molecule has 0 aliphatic carbocycles. The maximum absolute atomic E-state index is 14.6. The Morgan fingerprint density at radius 2 is 1.74 bits per heavy atom. The number of fused-ring (bicyclic) bond motifs is 2. The fourth-order valence-corrected chi connectivity index (χ4v) is 10.3. The van der Waals surface area contributed by atoms with Crippen molar-refractivity contribution in [2.75, 3.05) is 64.3 Å². The first-order valence-corrected chi connectivity index (χ1v) is 23.7. The number of aliphatic imine (C=N–C) groups is 1. The van der Waals surface area contributed by atoms with E-state index in [0.29, 0.717) is 85.4 Å². The van der Waals surface area contributed by atoms with Gasteiger partial charge in [-0.15, -0.1) is 0 Å². The summed E-state index contributed by atoms with van der Waals surface area (Å²) < 4.78 is 32.1. The number of aromatic nitrogens is 2. The molecule has 16 nitrogen and oxygen atoms in total. The molecule has 5 aliphatic rings. The fourth-order valence-electron chi connectivity index (χ4n) is 10.3. The number of allylic oxidation sites excluding steroid dienone is 1. The summed E-state index contributed by atoms with van der Waals surface area (Å²) >= 11 is 0. The average Bonchev–Trinajstić information content (AvgIpc) is 3.58. The van der Waals surface area contributed by atoms with Crippen LogP contribution >= 0.6 is 0 Å². The van der Waals surface area contributed by atoms with Crippen molar-refractivity contribution in [1.29, 1.82) is 5.41 Å². The standard InChI is InChI=1S/C50H61F2N11O5/c1-31(64)61-24-16-40(39(30-61)48(54)62-18-4-5-34-26-37(35(28-53)29-55-2)38(47(51)52)27-43(34)62)56-36-14-22-60(23-15-36)46(66)17-21-59-19-12-32(13-20-59)6-7-33-8-9-41-44(25-33)58(3)50(68)63(41)42-10-11-45(65)57-49(42)67/h8-9,25-29,32,36,42,47,54,56H,4-5,10-24,30,53H2,1-3H3,(H,57,65,67). The Morgan fingerprint density at radius 3 is 2.43 bits per heavy atom. The third kappa shape index (κ3) is 10.1. The molecule has 6 heterocycles. The van der Waals surface area contributed by atoms with Crippen LogP contribution in [0.5, 0.6) is 0 Å². The molecule has 1 unspecified atom stereocenters. The van der Waals surface area contributed by atoms with Crippen LogP contribution < -0.4 is 27.0 Å². The van der Waals surface area contributed by atoms with Crippen molar-refractivity contribution in [3.63, 3.8) is 0 Å². The van der Waals surface area contributed by atoms with E-state index in [9.17, 15) is 38.2 Å². The second kappa shape index (κ2) is 20.7. The number of nitrogens with zero attached hydrogens (tertiary/aromatic N) is 7. The zero-order valence-electron chi connectivity index (χ0n) is 39.1. The number of amides is 4. The van der Waals surface area contributed by atoms with E-state index in [4.69, 9.17) is 5.73 Å². The number of imide groups is 1. The molecule has 5 N–H and O–H groups in total. The van der Waals surface area contributed by atoms with E-state index in [-0.39, 0.29) is 66.2 Å². The molecular weight excluding hydrogens is 873 g/mol. The van der Waals surface area contributed by atoms with E-state index in [0.717, 1.165) is 62.0 Å². The van der Waals surface area contributed by atoms with Gasteiger partial charge in [0.2, 0.25) is 23.6 Å². The SMILES string of the molecule is CN=CC(=CN)c1cc2c(cc1C(F)F)N(C(=N)C1=C(NC3CCN(C(=O)CCN4CCC(C#Cc5ccc6c(c5)n(C)c(=O)n6C5CCC(=O)NC5=O)CC4)CC3)CCN(C(C)=O)C1)CCC2. The Kier molecular flexibility index (Phi) is 14.6. The lowest BCUT2D eigenvalue weighted by Crippen LogP contribution is -2.48. The van der Waals surface area contributed by atoms with E-state index >= 15 is 0 Å². The number of piperidine rings is 3. The minimum absolute atomic E-state index is 0.0666. The minimum atomic E-state index is -2.77. The number of carbonyl (C=O) groups is 4. The number of nitrogens with one attached hydrogen (secondary N) is 3. The average molecular weight is 934 g/mol. The zero-order valence-corrected chi connectivity index (χ0v) is 39.1. The van der Waals surface area contributed by atoms with Gasteiger partial charge in [-0.2, -0.15) is 0 Å². The second-order valence-electron chi connectivity index (χ2n) is 18.4. The van der Waals surface area contributed by atoms with Crippen LogP contribution in [0.15, 0.2) is 57.6 Å². The summed E-state index contributed by atoms with van der Waals surface area (Å²) in [4.78, 5) is 75.3. The summed E-state index contributed by atoms with van der Waals surface area (Å²) in [6.45, 7) is 6.30. The van der Waals surface area contributed by atoms with Crippen LogP contribution in [0.1, 0.15) is 99.4 Å². The zero-order chi connectivity index (χ0) is 48.2. The third-order valence-electron chi connectivity index (χ3n) is 14.2. The van der Waals surface area contributed by atoms with Gasteiger partial charge in [-0.25, -0.2) is 13.6 Å². The number of alkyl halides is 2. The number of hydrogen-bond acceptors (Lipinski definition) is 10.